The number of esters is 1. The molecule has 0 saturated carbocycles. The summed E-state index contributed by atoms with van der Waals surface area (Å²) in [5, 5.41) is 10.0. The summed E-state index contributed by atoms with van der Waals surface area (Å²) in [4.78, 5) is 11.3. The van der Waals surface area contributed by atoms with Gasteiger partial charge in [-0.3, -0.25) is 4.79 Å². The van der Waals surface area contributed by atoms with Crippen molar-refractivity contribution in [2.45, 2.75) is 19.4 Å². The van der Waals surface area contributed by atoms with Crippen LogP contribution >= 0.6 is 0 Å². The van der Waals surface area contributed by atoms with E-state index < -0.39 is 12.1 Å². The Morgan fingerprint density at radius 1 is 1.56 bits per heavy atom. The molecule has 0 amide bonds. The van der Waals surface area contributed by atoms with Crippen molar-refractivity contribution in [1.82, 2.24) is 0 Å². The van der Waals surface area contributed by atoms with Crippen LogP contribution in [0.1, 0.15) is 30.6 Å². The fourth-order valence-electron chi connectivity index (χ4n) is 1.63. The van der Waals surface area contributed by atoms with E-state index in [-0.39, 0.29) is 6.42 Å². The highest BCUT2D eigenvalue weighted by atomic mass is 16.5. The van der Waals surface area contributed by atoms with Crippen LogP contribution < -0.4 is 4.74 Å². The molecule has 0 aromatic heterocycles. The van der Waals surface area contributed by atoms with Gasteiger partial charge >= 0.3 is 5.97 Å². The predicted octanol–water partition coefficient (Wildman–Crippen LogP) is 2.32. The molecule has 1 aromatic carbocycles. The van der Waals surface area contributed by atoms with Gasteiger partial charge in [0.05, 0.1) is 26.2 Å². The van der Waals surface area contributed by atoms with Crippen LogP contribution in [0.4, 0.5) is 0 Å². The van der Waals surface area contributed by atoms with E-state index in [0.29, 0.717) is 17.9 Å². The highest BCUT2D eigenvalue weighted by molar-refractivity contribution is 5.70. The monoisotopic (exact) mass is 250 g/mol. The van der Waals surface area contributed by atoms with Gasteiger partial charge in [0.2, 0.25) is 0 Å². The van der Waals surface area contributed by atoms with Gasteiger partial charge < -0.3 is 14.6 Å². The Hall–Kier alpha value is -1.81. The molecule has 0 radical (unpaired) electrons. The maximum Gasteiger partial charge on any atom is 0.308 e. The number of carbonyl (C=O) groups excluding carboxylic acids is 1. The number of aliphatic hydroxyl groups is 1. The summed E-state index contributed by atoms with van der Waals surface area (Å²) in [7, 11) is 1.52. The Labute approximate surface area is 107 Å². The average Bonchev–Trinajstić information content (AvgIpc) is 2.38. The predicted molar refractivity (Wildman–Crippen MR) is 69.3 cm³/mol. The minimum Gasteiger partial charge on any atom is -0.496 e. The van der Waals surface area contributed by atoms with Gasteiger partial charge in [0.1, 0.15) is 5.75 Å². The second-order valence-corrected chi connectivity index (χ2v) is 3.73. The minimum atomic E-state index is -0.945. The fraction of sp³-hybridized carbons (Fsp3) is 0.357. The Kier molecular flexibility index (Phi) is 5.39. The van der Waals surface area contributed by atoms with Gasteiger partial charge in [-0.2, -0.15) is 0 Å². The third-order valence-electron chi connectivity index (χ3n) is 2.51. The van der Waals surface area contributed by atoms with Gasteiger partial charge in [-0.15, -0.1) is 0 Å². The van der Waals surface area contributed by atoms with Gasteiger partial charge in [-0.05, 0) is 24.6 Å². The summed E-state index contributed by atoms with van der Waals surface area (Å²) in [6, 6.07) is 5.31. The molecule has 0 saturated heterocycles. The zero-order valence-electron chi connectivity index (χ0n) is 10.7. The van der Waals surface area contributed by atoms with Crippen LogP contribution in [0, 0.1) is 0 Å². The van der Waals surface area contributed by atoms with Crippen LogP contribution in [0.2, 0.25) is 0 Å². The van der Waals surface area contributed by atoms with Gasteiger partial charge in [0.15, 0.2) is 0 Å². The van der Waals surface area contributed by atoms with E-state index in [1.807, 2.05) is 6.07 Å². The number of aliphatic hydroxyl groups excluding tert-OH is 1. The summed E-state index contributed by atoms with van der Waals surface area (Å²) < 4.78 is 9.97. The highest BCUT2D eigenvalue weighted by Crippen LogP contribution is 2.28. The first-order valence-corrected chi connectivity index (χ1v) is 5.76. The van der Waals surface area contributed by atoms with Crippen LogP contribution in [-0.2, 0) is 9.53 Å². The van der Waals surface area contributed by atoms with E-state index in [9.17, 15) is 9.90 Å². The van der Waals surface area contributed by atoms with Crippen LogP contribution in [-0.4, -0.2) is 24.8 Å². The number of benzene rings is 1. The Morgan fingerprint density at radius 2 is 2.28 bits per heavy atom. The van der Waals surface area contributed by atoms with E-state index in [2.05, 4.69) is 6.58 Å². The molecule has 0 fully saturated rings. The first-order chi connectivity index (χ1) is 8.62. The molecule has 1 rings (SSSR count). The van der Waals surface area contributed by atoms with Gasteiger partial charge in [0, 0.05) is 5.56 Å². The largest absolute Gasteiger partial charge is 0.496 e. The van der Waals surface area contributed by atoms with E-state index in [1.165, 1.54) is 7.11 Å². The molecular weight excluding hydrogens is 232 g/mol. The van der Waals surface area contributed by atoms with E-state index in [1.54, 1.807) is 25.1 Å². The molecule has 18 heavy (non-hydrogen) atoms. The molecule has 4 nitrogen and oxygen atoms in total. The van der Waals surface area contributed by atoms with Crippen molar-refractivity contribution in [2.75, 3.05) is 13.7 Å². The molecule has 1 atom stereocenters. The Morgan fingerprint density at radius 3 is 2.83 bits per heavy atom. The molecule has 0 bridgehead atoms. The number of rotatable bonds is 6. The molecule has 98 valence electrons. The number of methoxy groups -OCH3 is 1. The lowest BCUT2D eigenvalue weighted by atomic mass is 10.0. The SMILES string of the molecule is C=Cc1ccc(OC)c(C(O)CC(=O)OCC)c1. The smallest absolute Gasteiger partial charge is 0.308 e. The van der Waals surface area contributed by atoms with E-state index in [4.69, 9.17) is 9.47 Å². The van der Waals surface area contributed by atoms with E-state index >= 15 is 0 Å². The van der Waals surface area contributed by atoms with Crippen molar-refractivity contribution in [3.63, 3.8) is 0 Å². The second kappa shape index (κ2) is 6.81. The molecule has 1 unspecified atom stereocenters. The summed E-state index contributed by atoms with van der Waals surface area (Å²) in [6.07, 6.45) is 0.629. The zero-order chi connectivity index (χ0) is 13.5. The molecule has 0 heterocycles. The molecule has 0 spiro atoms. The third-order valence-corrected chi connectivity index (χ3v) is 2.51. The molecule has 0 aliphatic carbocycles. The van der Waals surface area contributed by atoms with Gasteiger partial charge in [-0.25, -0.2) is 0 Å². The minimum absolute atomic E-state index is 0.0925. The van der Waals surface area contributed by atoms with Gasteiger partial charge in [0.25, 0.3) is 0 Å². The second-order valence-electron chi connectivity index (χ2n) is 3.73. The number of hydrogen-bond donors (Lipinski definition) is 1. The molecule has 0 aliphatic heterocycles. The van der Waals surface area contributed by atoms with Crippen molar-refractivity contribution >= 4 is 12.0 Å². The number of hydrogen-bond acceptors (Lipinski definition) is 4. The molecular formula is C14H18O4. The first kappa shape index (κ1) is 14.3. The number of ether oxygens (including phenoxy) is 2. The lowest BCUT2D eigenvalue weighted by Crippen LogP contribution is -2.11. The third kappa shape index (κ3) is 3.60. The lowest BCUT2D eigenvalue weighted by molar-refractivity contribution is -0.145. The highest BCUT2D eigenvalue weighted by Gasteiger charge is 2.18. The standard InChI is InChI=1S/C14H18O4/c1-4-10-6-7-13(17-3)11(8-10)12(15)9-14(16)18-5-2/h4,6-8,12,15H,1,5,9H2,2-3H3. The summed E-state index contributed by atoms with van der Waals surface area (Å²) in [5.74, 6) is 0.105. The van der Waals surface area contributed by atoms with Gasteiger partial charge in [-0.1, -0.05) is 18.7 Å². The quantitative estimate of drug-likeness (QED) is 0.787. The first-order valence-electron chi connectivity index (χ1n) is 5.76. The molecule has 0 aliphatic rings. The fourth-order valence-corrected chi connectivity index (χ4v) is 1.63. The zero-order valence-corrected chi connectivity index (χ0v) is 10.7. The maximum atomic E-state index is 11.3. The molecule has 4 heteroatoms. The number of carbonyl (C=O) groups is 1. The van der Waals surface area contributed by atoms with Crippen LogP contribution in [0.5, 0.6) is 5.75 Å². The van der Waals surface area contributed by atoms with Crippen molar-refractivity contribution in [1.29, 1.82) is 0 Å². The van der Waals surface area contributed by atoms with Crippen LogP contribution in [0.25, 0.3) is 6.08 Å². The van der Waals surface area contributed by atoms with Crippen molar-refractivity contribution < 1.29 is 19.4 Å². The summed E-state index contributed by atoms with van der Waals surface area (Å²) in [5.41, 5.74) is 1.41. The summed E-state index contributed by atoms with van der Waals surface area (Å²) >= 11 is 0. The average molecular weight is 250 g/mol. The van der Waals surface area contributed by atoms with Crippen LogP contribution in [0.15, 0.2) is 24.8 Å². The van der Waals surface area contributed by atoms with Crippen LogP contribution in [0.3, 0.4) is 0 Å². The van der Waals surface area contributed by atoms with Crippen molar-refractivity contribution in [3.8, 4) is 5.75 Å². The van der Waals surface area contributed by atoms with Crippen molar-refractivity contribution in [2.24, 2.45) is 0 Å². The van der Waals surface area contributed by atoms with E-state index in [0.717, 1.165) is 5.56 Å². The van der Waals surface area contributed by atoms with Crippen molar-refractivity contribution in [3.05, 3.63) is 35.9 Å². The topological polar surface area (TPSA) is 55.8 Å². The normalized spacial score (nSPS) is 11.7. The Bertz CT molecular complexity index is 426. The molecule has 1 aromatic rings. The summed E-state index contributed by atoms with van der Waals surface area (Å²) in [6.45, 7) is 5.69. The lowest BCUT2D eigenvalue weighted by Gasteiger charge is -2.15. The maximum absolute atomic E-state index is 11.3. The Balaban J connectivity index is 2.91. The molecule has 1 N–H and O–H groups in total.